The first-order valence-electron chi connectivity index (χ1n) is 13.5. The third-order valence-electron chi connectivity index (χ3n) is 6.31. The molecular formula is C30H49Br. The monoisotopic (exact) mass is 488 g/mol. The maximum atomic E-state index is 3.54. The Morgan fingerprint density at radius 3 is 1.48 bits per heavy atom. The van der Waals surface area contributed by atoms with Crippen molar-refractivity contribution < 1.29 is 0 Å². The summed E-state index contributed by atoms with van der Waals surface area (Å²) in [7, 11) is 0. The van der Waals surface area contributed by atoms with Gasteiger partial charge >= 0.3 is 0 Å². The molecule has 0 aliphatic heterocycles. The van der Waals surface area contributed by atoms with Crippen molar-refractivity contribution >= 4 is 15.9 Å². The van der Waals surface area contributed by atoms with E-state index in [-0.39, 0.29) is 0 Å². The maximum Gasteiger partial charge on any atom is 0.0246 e. The first-order valence-corrected chi connectivity index (χ1v) is 14.3. The average Bonchev–Trinajstić information content (AvgIpc) is 2.78. The van der Waals surface area contributed by atoms with Gasteiger partial charge in [-0.2, -0.15) is 0 Å². The smallest absolute Gasteiger partial charge is 0.0246 e. The third kappa shape index (κ3) is 17.5. The van der Waals surface area contributed by atoms with E-state index in [4.69, 9.17) is 0 Å². The molecule has 1 unspecified atom stereocenters. The molecule has 0 nitrogen and oxygen atoms in total. The molecule has 0 radical (unpaired) electrons. The van der Waals surface area contributed by atoms with Crippen LogP contribution in [0.15, 0.2) is 28.7 Å². The van der Waals surface area contributed by atoms with Crippen molar-refractivity contribution in [2.75, 3.05) is 0 Å². The minimum atomic E-state index is 0.570. The second-order valence-corrected chi connectivity index (χ2v) is 10.3. The molecule has 176 valence electrons. The lowest BCUT2D eigenvalue weighted by molar-refractivity contribution is 0.493. The van der Waals surface area contributed by atoms with Crippen LogP contribution in [0.2, 0.25) is 0 Å². The summed E-state index contributed by atoms with van der Waals surface area (Å²) in [6, 6.07) is 8.37. The highest BCUT2D eigenvalue weighted by Gasteiger charge is 2.04. The number of halogens is 1. The Morgan fingerprint density at radius 2 is 1.03 bits per heavy atom. The number of hydrogen-bond acceptors (Lipinski definition) is 0. The van der Waals surface area contributed by atoms with Crippen LogP contribution < -0.4 is 0 Å². The third-order valence-corrected chi connectivity index (χ3v) is 6.84. The van der Waals surface area contributed by atoms with E-state index in [1.807, 2.05) is 0 Å². The first-order chi connectivity index (χ1) is 15.3. The van der Waals surface area contributed by atoms with Crippen molar-refractivity contribution in [3.63, 3.8) is 0 Å². The Hall–Kier alpha value is -0.740. The van der Waals surface area contributed by atoms with Gasteiger partial charge in [-0.05, 0) is 37.1 Å². The van der Waals surface area contributed by atoms with E-state index in [1.165, 1.54) is 122 Å². The SMILES string of the molecule is CCCCCCCCCCCCCCCCCCC(C#Cc1ccc(Br)cc1)CCC. The Morgan fingerprint density at radius 1 is 0.581 bits per heavy atom. The van der Waals surface area contributed by atoms with Gasteiger partial charge in [0.1, 0.15) is 0 Å². The Balaban J connectivity index is 1.95. The van der Waals surface area contributed by atoms with Gasteiger partial charge in [-0.1, -0.05) is 151 Å². The van der Waals surface area contributed by atoms with Gasteiger partial charge in [0.15, 0.2) is 0 Å². The quantitative estimate of drug-likeness (QED) is 0.134. The second kappa shape index (κ2) is 21.1. The molecule has 1 atom stereocenters. The van der Waals surface area contributed by atoms with E-state index in [0.717, 1.165) is 10.0 Å². The van der Waals surface area contributed by atoms with Gasteiger partial charge in [-0.3, -0.25) is 0 Å². The van der Waals surface area contributed by atoms with E-state index in [9.17, 15) is 0 Å². The minimum Gasteiger partial charge on any atom is -0.0945 e. The minimum absolute atomic E-state index is 0.570. The highest BCUT2D eigenvalue weighted by molar-refractivity contribution is 9.10. The van der Waals surface area contributed by atoms with Crippen LogP contribution in [0.5, 0.6) is 0 Å². The van der Waals surface area contributed by atoms with Gasteiger partial charge in [0, 0.05) is 16.0 Å². The number of rotatable bonds is 19. The number of unbranched alkanes of at least 4 members (excludes halogenated alkanes) is 15. The second-order valence-electron chi connectivity index (χ2n) is 9.35. The van der Waals surface area contributed by atoms with Gasteiger partial charge in [-0.25, -0.2) is 0 Å². The van der Waals surface area contributed by atoms with Gasteiger partial charge in [0.2, 0.25) is 0 Å². The summed E-state index contributed by atoms with van der Waals surface area (Å²) in [6.07, 6.45) is 26.7. The zero-order valence-corrected chi connectivity index (χ0v) is 22.3. The number of hydrogen-bond donors (Lipinski definition) is 0. The van der Waals surface area contributed by atoms with E-state index < -0.39 is 0 Å². The molecule has 0 aliphatic rings. The molecule has 0 aromatic heterocycles. The van der Waals surface area contributed by atoms with Gasteiger partial charge < -0.3 is 0 Å². The fourth-order valence-corrected chi connectivity index (χ4v) is 4.56. The highest BCUT2D eigenvalue weighted by Crippen LogP contribution is 2.18. The molecule has 0 amide bonds. The van der Waals surface area contributed by atoms with Crippen LogP contribution in [0.25, 0.3) is 0 Å². The summed E-state index contributed by atoms with van der Waals surface area (Å²) in [5, 5.41) is 0. The fourth-order valence-electron chi connectivity index (χ4n) is 4.29. The van der Waals surface area contributed by atoms with Crippen LogP contribution in [0, 0.1) is 17.8 Å². The predicted octanol–water partition coefficient (Wildman–Crippen LogP) is 10.9. The zero-order valence-electron chi connectivity index (χ0n) is 20.7. The molecule has 0 heterocycles. The van der Waals surface area contributed by atoms with Gasteiger partial charge in [0.05, 0.1) is 0 Å². The van der Waals surface area contributed by atoms with Crippen LogP contribution >= 0.6 is 15.9 Å². The van der Waals surface area contributed by atoms with Crippen molar-refractivity contribution in [3.8, 4) is 11.8 Å². The first kappa shape index (κ1) is 28.3. The molecule has 0 aliphatic carbocycles. The molecule has 0 saturated carbocycles. The highest BCUT2D eigenvalue weighted by atomic mass is 79.9. The molecule has 0 spiro atoms. The molecule has 0 fully saturated rings. The summed E-state index contributed by atoms with van der Waals surface area (Å²) >= 11 is 3.49. The van der Waals surface area contributed by atoms with E-state index in [0.29, 0.717) is 5.92 Å². The van der Waals surface area contributed by atoms with Crippen LogP contribution in [-0.2, 0) is 0 Å². The largest absolute Gasteiger partial charge is 0.0945 e. The molecule has 1 rings (SSSR count). The summed E-state index contributed by atoms with van der Waals surface area (Å²) in [4.78, 5) is 0. The van der Waals surface area contributed by atoms with Crippen LogP contribution in [0.4, 0.5) is 0 Å². The van der Waals surface area contributed by atoms with Crippen molar-refractivity contribution in [1.82, 2.24) is 0 Å². The van der Waals surface area contributed by atoms with Crippen LogP contribution in [-0.4, -0.2) is 0 Å². The Kier molecular flexibility index (Phi) is 19.3. The van der Waals surface area contributed by atoms with E-state index in [1.54, 1.807) is 0 Å². The van der Waals surface area contributed by atoms with Crippen molar-refractivity contribution in [2.24, 2.45) is 5.92 Å². The molecular weight excluding hydrogens is 440 g/mol. The lowest BCUT2D eigenvalue weighted by Crippen LogP contribution is -1.97. The predicted molar refractivity (Wildman–Crippen MR) is 144 cm³/mol. The maximum absolute atomic E-state index is 3.54. The van der Waals surface area contributed by atoms with Crippen molar-refractivity contribution in [2.45, 2.75) is 136 Å². The zero-order chi connectivity index (χ0) is 22.4. The fraction of sp³-hybridized carbons (Fsp3) is 0.733. The summed E-state index contributed by atoms with van der Waals surface area (Å²) < 4.78 is 1.12. The normalized spacial score (nSPS) is 11.8. The van der Waals surface area contributed by atoms with Gasteiger partial charge in [-0.15, -0.1) is 0 Å². The van der Waals surface area contributed by atoms with Crippen LogP contribution in [0.1, 0.15) is 141 Å². The topological polar surface area (TPSA) is 0 Å². The molecule has 1 heteroatoms. The molecule has 0 N–H and O–H groups in total. The summed E-state index contributed by atoms with van der Waals surface area (Å²) in [5.41, 5.74) is 1.14. The lowest BCUT2D eigenvalue weighted by atomic mass is 9.96. The molecule has 0 saturated heterocycles. The lowest BCUT2D eigenvalue weighted by Gasteiger charge is -2.09. The Labute approximate surface area is 203 Å². The standard InChI is InChI=1S/C30H49Br/c1-3-5-6-7-8-9-10-11-12-13-14-15-16-17-18-19-21-28(20-4-2)22-23-29-24-26-30(31)27-25-29/h24-28H,3-21H2,1-2H3. The Bertz CT molecular complexity index is 562. The van der Waals surface area contributed by atoms with E-state index in [2.05, 4.69) is 65.9 Å². The van der Waals surface area contributed by atoms with Crippen molar-refractivity contribution in [1.29, 1.82) is 0 Å². The molecule has 0 bridgehead atoms. The van der Waals surface area contributed by atoms with Gasteiger partial charge in [0.25, 0.3) is 0 Å². The average molecular weight is 490 g/mol. The molecule has 1 aromatic carbocycles. The number of benzene rings is 1. The van der Waals surface area contributed by atoms with Crippen molar-refractivity contribution in [3.05, 3.63) is 34.3 Å². The van der Waals surface area contributed by atoms with Crippen LogP contribution in [0.3, 0.4) is 0 Å². The summed E-state index contributed by atoms with van der Waals surface area (Å²) in [5.74, 6) is 7.50. The summed E-state index contributed by atoms with van der Waals surface area (Å²) in [6.45, 7) is 4.58. The van der Waals surface area contributed by atoms with E-state index >= 15 is 0 Å². The molecule has 1 aromatic rings. The molecule has 31 heavy (non-hydrogen) atoms.